The highest BCUT2D eigenvalue weighted by molar-refractivity contribution is 7.98. The summed E-state index contributed by atoms with van der Waals surface area (Å²) < 4.78 is 41.7. The highest BCUT2D eigenvalue weighted by Crippen LogP contribution is 2.25. The Balaban J connectivity index is 1.66. The molecule has 9 heteroatoms. The van der Waals surface area contributed by atoms with Crippen LogP contribution in [-0.2, 0) is 20.6 Å². The predicted molar refractivity (Wildman–Crippen MR) is 140 cm³/mol. The maximum absolute atomic E-state index is 13.7. The molecule has 5 nitrogen and oxygen atoms in total. The zero-order valence-electron chi connectivity index (χ0n) is 19.0. The van der Waals surface area contributed by atoms with Crippen molar-refractivity contribution in [3.05, 3.63) is 89.7 Å². The van der Waals surface area contributed by atoms with Crippen molar-refractivity contribution in [2.45, 2.75) is 22.5 Å². The van der Waals surface area contributed by atoms with Crippen molar-refractivity contribution >= 4 is 45.1 Å². The van der Waals surface area contributed by atoms with E-state index >= 15 is 0 Å². The molecule has 3 aromatic rings. The van der Waals surface area contributed by atoms with E-state index in [9.17, 15) is 17.6 Å². The Bertz CT molecular complexity index is 1200. The standard InChI is InChI=1S/C25H27FN2O3S3/c1-19-7-9-21(10-8-19)28(34(30,31)23-13-11-22(32-2)12-14-23)17-25(29)27-15-16-33-18-20-5-3-4-6-24(20)26/h3-14H,15-18H2,1-2H3,(H,27,29). The Hall–Kier alpha value is -2.49. The number of nitrogens with one attached hydrogen (secondary N) is 1. The molecule has 0 radical (unpaired) electrons. The number of carbonyl (C=O) groups is 1. The molecule has 34 heavy (non-hydrogen) atoms. The van der Waals surface area contributed by atoms with Crippen LogP contribution in [0.2, 0.25) is 0 Å². The van der Waals surface area contributed by atoms with Crippen LogP contribution in [0.25, 0.3) is 0 Å². The molecular weight excluding hydrogens is 491 g/mol. The second-order valence-corrected chi connectivity index (χ2v) is 11.4. The van der Waals surface area contributed by atoms with Crippen LogP contribution in [0.4, 0.5) is 10.1 Å². The van der Waals surface area contributed by atoms with Gasteiger partial charge in [0.05, 0.1) is 10.6 Å². The number of aryl methyl sites for hydroxylation is 1. The summed E-state index contributed by atoms with van der Waals surface area (Å²) in [6.07, 6.45) is 1.92. The molecule has 0 aliphatic rings. The molecule has 0 unspecified atom stereocenters. The van der Waals surface area contributed by atoms with Gasteiger partial charge in [0.15, 0.2) is 0 Å². The lowest BCUT2D eigenvalue weighted by Crippen LogP contribution is -2.41. The van der Waals surface area contributed by atoms with Gasteiger partial charge in [-0.15, -0.1) is 11.8 Å². The van der Waals surface area contributed by atoms with E-state index in [0.717, 1.165) is 14.8 Å². The summed E-state index contributed by atoms with van der Waals surface area (Å²) >= 11 is 3.02. The number of benzene rings is 3. The van der Waals surface area contributed by atoms with Crippen molar-refractivity contribution in [1.82, 2.24) is 5.32 Å². The fourth-order valence-electron chi connectivity index (χ4n) is 3.15. The van der Waals surface area contributed by atoms with Crippen molar-refractivity contribution in [2.24, 2.45) is 0 Å². The van der Waals surface area contributed by atoms with Gasteiger partial charge in [0.2, 0.25) is 5.91 Å². The number of thioether (sulfide) groups is 2. The highest BCUT2D eigenvalue weighted by Gasteiger charge is 2.27. The quantitative estimate of drug-likeness (QED) is 0.283. The number of nitrogens with zero attached hydrogens (tertiary/aromatic N) is 1. The Labute approximate surface area is 209 Å². The lowest BCUT2D eigenvalue weighted by molar-refractivity contribution is -0.119. The summed E-state index contributed by atoms with van der Waals surface area (Å²) in [7, 11) is -3.95. The van der Waals surface area contributed by atoms with Gasteiger partial charge in [-0.3, -0.25) is 9.10 Å². The van der Waals surface area contributed by atoms with Gasteiger partial charge >= 0.3 is 0 Å². The van der Waals surface area contributed by atoms with Gasteiger partial charge in [-0.25, -0.2) is 12.8 Å². The van der Waals surface area contributed by atoms with E-state index in [1.807, 2.05) is 25.3 Å². The minimum atomic E-state index is -3.95. The molecule has 0 heterocycles. The van der Waals surface area contributed by atoms with E-state index in [2.05, 4.69) is 5.32 Å². The minimum absolute atomic E-state index is 0.124. The highest BCUT2D eigenvalue weighted by atomic mass is 32.2. The van der Waals surface area contributed by atoms with E-state index in [1.54, 1.807) is 54.6 Å². The maximum Gasteiger partial charge on any atom is 0.264 e. The second kappa shape index (κ2) is 12.3. The third kappa shape index (κ3) is 7.01. The third-order valence-electron chi connectivity index (χ3n) is 5.04. The SMILES string of the molecule is CSc1ccc(S(=O)(=O)N(CC(=O)NCCSCc2ccccc2F)c2ccc(C)cc2)cc1. The maximum atomic E-state index is 13.7. The van der Waals surface area contributed by atoms with E-state index in [4.69, 9.17) is 0 Å². The van der Waals surface area contributed by atoms with Crippen molar-refractivity contribution in [3.63, 3.8) is 0 Å². The molecule has 0 spiro atoms. The van der Waals surface area contributed by atoms with Crippen molar-refractivity contribution in [3.8, 4) is 0 Å². The first-order chi connectivity index (χ1) is 16.3. The summed E-state index contributed by atoms with van der Waals surface area (Å²) in [6.45, 7) is 1.92. The summed E-state index contributed by atoms with van der Waals surface area (Å²) in [6, 6.07) is 20.2. The lowest BCUT2D eigenvalue weighted by Gasteiger charge is -2.24. The van der Waals surface area contributed by atoms with Crippen LogP contribution in [0.15, 0.2) is 82.6 Å². The zero-order valence-corrected chi connectivity index (χ0v) is 21.5. The largest absolute Gasteiger partial charge is 0.354 e. The fourth-order valence-corrected chi connectivity index (χ4v) is 5.82. The van der Waals surface area contributed by atoms with E-state index in [-0.39, 0.29) is 17.3 Å². The molecule has 0 fully saturated rings. The topological polar surface area (TPSA) is 66.5 Å². The van der Waals surface area contributed by atoms with Gasteiger partial charge in [0.25, 0.3) is 10.0 Å². The molecule has 0 aliphatic carbocycles. The Kier molecular flexibility index (Phi) is 9.44. The molecule has 180 valence electrons. The van der Waals surface area contributed by atoms with Crippen LogP contribution in [0.3, 0.4) is 0 Å². The molecule has 0 aromatic heterocycles. The molecule has 1 N–H and O–H groups in total. The van der Waals surface area contributed by atoms with Gasteiger partial charge < -0.3 is 5.32 Å². The molecule has 0 atom stereocenters. The number of halogens is 1. The van der Waals surface area contributed by atoms with Gasteiger partial charge in [0.1, 0.15) is 12.4 Å². The molecule has 0 saturated heterocycles. The number of sulfonamides is 1. The average molecular weight is 519 g/mol. The van der Waals surface area contributed by atoms with E-state index in [1.165, 1.54) is 29.6 Å². The number of hydrogen-bond donors (Lipinski definition) is 1. The number of amides is 1. The van der Waals surface area contributed by atoms with E-state index in [0.29, 0.717) is 29.3 Å². The monoisotopic (exact) mass is 518 g/mol. The second-order valence-electron chi connectivity index (χ2n) is 7.52. The first kappa shape index (κ1) is 26.1. The minimum Gasteiger partial charge on any atom is -0.354 e. The average Bonchev–Trinajstić information content (AvgIpc) is 2.84. The first-order valence-electron chi connectivity index (χ1n) is 10.6. The van der Waals surface area contributed by atoms with Gasteiger partial charge in [-0.2, -0.15) is 11.8 Å². The van der Waals surface area contributed by atoms with Crippen LogP contribution < -0.4 is 9.62 Å². The van der Waals surface area contributed by atoms with Gasteiger partial charge in [-0.1, -0.05) is 35.9 Å². The summed E-state index contributed by atoms with van der Waals surface area (Å²) in [4.78, 5) is 13.7. The summed E-state index contributed by atoms with van der Waals surface area (Å²) in [5, 5.41) is 2.77. The number of hydrogen-bond acceptors (Lipinski definition) is 5. The lowest BCUT2D eigenvalue weighted by atomic mass is 10.2. The number of anilines is 1. The Morgan fingerprint density at radius 2 is 1.68 bits per heavy atom. The van der Waals surface area contributed by atoms with E-state index < -0.39 is 15.9 Å². The number of carbonyl (C=O) groups excluding carboxylic acids is 1. The summed E-state index contributed by atoms with van der Waals surface area (Å²) in [5.41, 5.74) is 2.02. The molecule has 0 bridgehead atoms. The Morgan fingerprint density at radius 3 is 2.32 bits per heavy atom. The molecule has 3 aromatic carbocycles. The molecule has 0 aliphatic heterocycles. The van der Waals surface area contributed by atoms with Crippen LogP contribution in [0, 0.1) is 12.7 Å². The summed E-state index contributed by atoms with van der Waals surface area (Å²) in [5.74, 6) is 0.423. The fraction of sp³-hybridized carbons (Fsp3) is 0.240. The first-order valence-corrected chi connectivity index (χ1v) is 14.4. The van der Waals surface area contributed by atoms with Crippen LogP contribution >= 0.6 is 23.5 Å². The smallest absolute Gasteiger partial charge is 0.264 e. The van der Waals surface area contributed by atoms with Gasteiger partial charge in [-0.05, 0) is 61.2 Å². The van der Waals surface area contributed by atoms with Crippen molar-refractivity contribution < 1.29 is 17.6 Å². The predicted octanol–water partition coefficient (Wildman–Crippen LogP) is 5.10. The van der Waals surface area contributed by atoms with Gasteiger partial charge in [0, 0.05) is 22.9 Å². The van der Waals surface area contributed by atoms with Crippen molar-refractivity contribution in [1.29, 1.82) is 0 Å². The third-order valence-corrected chi connectivity index (χ3v) is 8.58. The molecule has 1 amide bonds. The zero-order chi connectivity index (χ0) is 24.6. The Morgan fingerprint density at radius 1 is 1.00 bits per heavy atom. The van der Waals surface area contributed by atoms with Crippen LogP contribution in [0.1, 0.15) is 11.1 Å². The van der Waals surface area contributed by atoms with Crippen LogP contribution in [0.5, 0.6) is 0 Å². The molecule has 0 saturated carbocycles. The van der Waals surface area contributed by atoms with Crippen molar-refractivity contribution in [2.75, 3.05) is 29.4 Å². The molecule has 3 rings (SSSR count). The number of rotatable bonds is 11. The molecular formula is C25H27FN2O3S3. The normalized spacial score (nSPS) is 11.3. The van der Waals surface area contributed by atoms with Crippen LogP contribution in [-0.4, -0.2) is 39.4 Å².